The molecule has 1 unspecified atom stereocenters. The predicted octanol–water partition coefficient (Wildman–Crippen LogP) is 1.80. The van der Waals surface area contributed by atoms with Gasteiger partial charge in [-0.3, -0.25) is 0 Å². The zero-order valence-electron chi connectivity index (χ0n) is 8.02. The molecule has 0 rings (SSSR count). The van der Waals surface area contributed by atoms with Crippen molar-refractivity contribution >= 4 is 0 Å². The Kier molecular flexibility index (Phi) is 7.96. The molecule has 1 N–H and O–H groups in total. The van der Waals surface area contributed by atoms with Crippen molar-refractivity contribution in [2.24, 2.45) is 0 Å². The van der Waals surface area contributed by atoms with Crippen molar-refractivity contribution in [1.29, 1.82) is 0 Å². The van der Waals surface area contributed by atoms with E-state index in [0.717, 1.165) is 6.61 Å². The van der Waals surface area contributed by atoms with Crippen LogP contribution in [0.2, 0.25) is 0 Å². The van der Waals surface area contributed by atoms with E-state index in [2.05, 4.69) is 12.2 Å². The molecule has 1 atom stereocenters. The van der Waals surface area contributed by atoms with Gasteiger partial charge in [-0.15, -0.1) is 0 Å². The van der Waals surface area contributed by atoms with Gasteiger partial charge in [0.05, 0.1) is 0 Å². The zero-order valence-corrected chi connectivity index (χ0v) is 8.02. The topological polar surface area (TPSA) is 21.3 Å². The van der Waals surface area contributed by atoms with Crippen molar-refractivity contribution in [3.05, 3.63) is 0 Å². The molecule has 0 aromatic heterocycles. The molecule has 0 aliphatic carbocycles. The van der Waals surface area contributed by atoms with Crippen LogP contribution in [0.1, 0.15) is 32.6 Å². The van der Waals surface area contributed by atoms with E-state index in [1.807, 2.05) is 7.05 Å². The highest BCUT2D eigenvalue weighted by Crippen LogP contribution is 2.03. The fourth-order valence-electron chi connectivity index (χ4n) is 1.19. The summed E-state index contributed by atoms with van der Waals surface area (Å²) in [5.41, 5.74) is 0. The Morgan fingerprint density at radius 3 is 2.55 bits per heavy atom. The van der Waals surface area contributed by atoms with E-state index in [4.69, 9.17) is 4.74 Å². The van der Waals surface area contributed by atoms with Gasteiger partial charge in [0.2, 0.25) is 0 Å². The Morgan fingerprint density at radius 2 is 2.09 bits per heavy atom. The molecule has 0 spiro atoms. The van der Waals surface area contributed by atoms with Gasteiger partial charge >= 0.3 is 0 Å². The molecule has 0 aliphatic heterocycles. The summed E-state index contributed by atoms with van der Waals surface area (Å²) in [6, 6.07) is 0.701. The second-order valence-electron chi connectivity index (χ2n) is 2.88. The van der Waals surface area contributed by atoms with Crippen LogP contribution in [0, 0.1) is 0 Å². The minimum Gasteiger partial charge on any atom is -0.385 e. The molecule has 2 heteroatoms. The summed E-state index contributed by atoms with van der Waals surface area (Å²) in [6.45, 7) is 3.12. The van der Waals surface area contributed by atoms with E-state index >= 15 is 0 Å². The molecule has 68 valence electrons. The molecule has 0 bridgehead atoms. The van der Waals surface area contributed by atoms with Crippen LogP contribution in [0.4, 0.5) is 0 Å². The third-order valence-corrected chi connectivity index (χ3v) is 2.05. The number of rotatable bonds is 7. The smallest absolute Gasteiger partial charge is 0.0462 e. The zero-order chi connectivity index (χ0) is 8.53. The van der Waals surface area contributed by atoms with Crippen LogP contribution in [0.15, 0.2) is 0 Å². The number of methoxy groups -OCH3 is 1. The van der Waals surface area contributed by atoms with Crippen LogP contribution in [0.25, 0.3) is 0 Å². The molecule has 0 aliphatic rings. The van der Waals surface area contributed by atoms with E-state index in [-0.39, 0.29) is 0 Å². The molecule has 0 aromatic rings. The van der Waals surface area contributed by atoms with Gasteiger partial charge < -0.3 is 10.1 Å². The monoisotopic (exact) mass is 159 g/mol. The van der Waals surface area contributed by atoms with Crippen molar-refractivity contribution in [2.45, 2.75) is 38.6 Å². The highest BCUT2D eigenvalue weighted by atomic mass is 16.5. The quantitative estimate of drug-likeness (QED) is 0.572. The predicted molar refractivity (Wildman–Crippen MR) is 48.9 cm³/mol. The van der Waals surface area contributed by atoms with Crippen LogP contribution < -0.4 is 5.32 Å². The first kappa shape index (κ1) is 10.9. The second kappa shape index (κ2) is 8.02. The van der Waals surface area contributed by atoms with Crippen LogP contribution >= 0.6 is 0 Å². The lowest BCUT2D eigenvalue weighted by Crippen LogP contribution is -2.23. The third-order valence-electron chi connectivity index (χ3n) is 2.05. The summed E-state index contributed by atoms with van der Waals surface area (Å²) in [4.78, 5) is 0. The van der Waals surface area contributed by atoms with Gasteiger partial charge in [-0.25, -0.2) is 0 Å². The highest BCUT2D eigenvalue weighted by molar-refractivity contribution is 4.61. The molecule has 0 heterocycles. The number of nitrogens with one attached hydrogen (secondary N) is 1. The average Bonchev–Trinajstić information content (AvgIpc) is 2.05. The van der Waals surface area contributed by atoms with Crippen molar-refractivity contribution in [3.63, 3.8) is 0 Å². The summed E-state index contributed by atoms with van der Waals surface area (Å²) < 4.78 is 4.97. The minimum atomic E-state index is 0.701. The minimum absolute atomic E-state index is 0.701. The molecular formula is C9H21NO. The van der Waals surface area contributed by atoms with Gasteiger partial charge in [0.15, 0.2) is 0 Å². The highest BCUT2D eigenvalue weighted by Gasteiger charge is 2.00. The van der Waals surface area contributed by atoms with Gasteiger partial charge in [-0.2, -0.15) is 0 Å². The lowest BCUT2D eigenvalue weighted by atomic mass is 10.1. The number of ether oxygens (including phenoxy) is 1. The Morgan fingerprint density at radius 1 is 1.36 bits per heavy atom. The Bertz CT molecular complexity index is 72.0. The first-order chi connectivity index (χ1) is 5.35. The summed E-state index contributed by atoms with van der Waals surface area (Å²) in [6.07, 6.45) is 4.96. The van der Waals surface area contributed by atoms with Gasteiger partial charge in [0.1, 0.15) is 0 Å². The Balaban J connectivity index is 3.07. The van der Waals surface area contributed by atoms with E-state index in [1.165, 1.54) is 25.7 Å². The number of unbranched alkanes of at least 4 members (excludes halogenated alkanes) is 1. The van der Waals surface area contributed by atoms with Crippen molar-refractivity contribution in [2.75, 3.05) is 20.8 Å². The van der Waals surface area contributed by atoms with Crippen LogP contribution in [-0.2, 0) is 4.74 Å². The second-order valence-corrected chi connectivity index (χ2v) is 2.88. The molecule has 0 amide bonds. The maximum Gasteiger partial charge on any atom is 0.0462 e. The van der Waals surface area contributed by atoms with E-state index in [1.54, 1.807) is 7.11 Å². The van der Waals surface area contributed by atoms with Gasteiger partial charge in [-0.1, -0.05) is 6.92 Å². The normalized spacial score (nSPS) is 13.4. The molecule has 0 saturated heterocycles. The fraction of sp³-hybridized carbons (Fsp3) is 1.00. The molecule has 0 saturated carbocycles. The standard InChI is InChI=1S/C9H21NO/c1-4-9(10-2)7-5-6-8-11-3/h9-10H,4-8H2,1-3H3. The van der Waals surface area contributed by atoms with E-state index in [0.29, 0.717) is 6.04 Å². The van der Waals surface area contributed by atoms with Crippen molar-refractivity contribution in [1.82, 2.24) is 5.32 Å². The Labute approximate surface area is 70.3 Å². The van der Waals surface area contributed by atoms with Crippen LogP contribution in [-0.4, -0.2) is 26.8 Å². The first-order valence-electron chi connectivity index (χ1n) is 4.51. The Hall–Kier alpha value is -0.0800. The third kappa shape index (κ3) is 6.32. The first-order valence-corrected chi connectivity index (χ1v) is 4.51. The maximum atomic E-state index is 4.97. The van der Waals surface area contributed by atoms with Crippen molar-refractivity contribution < 1.29 is 4.74 Å². The van der Waals surface area contributed by atoms with Crippen LogP contribution in [0.3, 0.4) is 0 Å². The molecule has 0 fully saturated rings. The summed E-state index contributed by atoms with van der Waals surface area (Å²) in [5, 5.41) is 3.29. The maximum absolute atomic E-state index is 4.97. The number of hydrogen-bond donors (Lipinski definition) is 1. The summed E-state index contributed by atoms with van der Waals surface area (Å²) >= 11 is 0. The van der Waals surface area contributed by atoms with E-state index < -0.39 is 0 Å². The largest absolute Gasteiger partial charge is 0.385 e. The van der Waals surface area contributed by atoms with Gasteiger partial charge in [-0.05, 0) is 32.7 Å². The molecule has 0 radical (unpaired) electrons. The van der Waals surface area contributed by atoms with Crippen molar-refractivity contribution in [3.8, 4) is 0 Å². The van der Waals surface area contributed by atoms with Crippen LogP contribution in [0.5, 0.6) is 0 Å². The molecular weight excluding hydrogens is 138 g/mol. The van der Waals surface area contributed by atoms with Gasteiger partial charge in [0, 0.05) is 19.8 Å². The summed E-state index contributed by atoms with van der Waals surface area (Å²) in [5.74, 6) is 0. The van der Waals surface area contributed by atoms with Gasteiger partial charge in [0.25, 0.3) is 0 Å². The SMILES string of the molecule is CCC(CCCCOC)NC. The lowest BCUT2D eigenvalue weighted by Gasteiger charge is -2.12. The summed E-state index contributed by atoms with van der Waals surface area (Å²) in [7, 11) is 3.79. The fourth-order valence-corrected chi connectivity index (χ4v) is 1.19. The molecule has 11 heavy (non-hydrogen) atoms. The molecule has 2 nitrogen and oxygen atoms in total. The molecule has 0 aromatic carbocycles. The number of hydrogen-bond acceptors (Lipinski definition) is 2. The lowest BCUT2D eigenvalue weighted by molar-refractivity contribution is 0.191. The average molecular weight is 159 g/mol. The van der Waals surface area contributed by atoms with E-state index in [9.17, 15) is 0 Å².